The number of hydrogen-bond donors (Lipinski definition) is 1. The smallest absolute Gasteiger partial charge is 0.258 e. The summed E-state index contributed by atoms with van der Waals surface area (Å²) < 4.78 is 36.4. The van der Waals surface area contributed by atoms with Crippen molar-refractivity contribution in [2.24, 2.45) is 7.05 Å². The summed E-state index contributed by atoms with van der Waals surface area (Å²) in [7, 11) is 3.90. The number of benzene rings is 2. The quantitative estimate of drug-likeness (QED) is 0.258. The average molecular weight is 607 g/mol. The number of anilines is 1. The Hall–Kier alpha value is -4.00. The molecule has 234 valence electrons. The van der Waals surface area contributed by atoms with Gasteiger partial charge in [-0.15, -0.1) is 10.2 Å². The molecule has 0 saturated carbocycles. The molecule has 0 aliphatic carbocycles. The van der Waals surface area contributed by atoms with Gasteiger partial charge in [0.15, 0.2) is 11.5 Å². The molecule has 1 N–H and O–H groups in total. The van der Waals surface area contributed by atoms with Crippen LogP contribution < -0.4 is 4.90 Å². The Kier molecular flexibility index (Phi) is 9.82. The largest absolute Gasteiger partial charge is 0.392 e. The molecule has 1 aliphatic rings. The van der Waals surface area contributed by atoms with Crippen LogP contribution >= 0.6 is 0 Å². The molecular weight excluding hydrogens is 566 g/mol. The van der Waals surface area contributed by atoms with Crippen molar-refractivity contribution in [1.29, 1.82) is 0 Å². The summed E-state index contributed by atoms with van der Waals surface area (Å²) in [4.78, 5) is 13.7. The van der Waals surface area contributed by atoms with Crippen LogP contribution in [0.5, 0.6) is 0 Å². The number of halogens is 2. The van der Waals surface area contributed by atoms with Crippen LogP contribution in [0.1, 0.15) is 49.7 Å². The summed E-state index contributed by atoms with van der Waals surface area (Å²) in [6, 6.07) is 12.1. The van der Waals surface area contributed by atoms with Crippen molar-refractivity contribution in [3.63, 3.8) is 0 Å². The van der Waals surface area contributed by atoms with Crippen molar-refractivity contribution in [3.8, 4) is 0 Å². The van der Waals surface area contributed by atoms with E-state index in [0.29, 0.717) is 24.7 Å². The van der Waals surface area contributed by atoms with Gasteiger partial charge in [-0.05, 0) is 69.0 Å². The van der Waals surface area contributed by atoms with Crippen molar-refractivity contribution < 1.29 is 18.6 Å². The number of fused-ring (bicyclic) bond motifs is 3. The zero-order chi connectivity index (χ0) is 31.4. The minimum Gasteiger partial charge on any atom is -0.392 e. The van der Waals surface area contributed by atoms with Crippen LogP contribution in [-0.4, -0.2) is 84.6 Å². The first-order chi connectivity index (χ1) is 21.1. The Morgan fingerprint density at radius 1 is 0.932 bits per heavy atom. The highest BCUT2D eigenvalue weighted by atomic mass is 19.1. The van der Waals surface area contributed by atoms with E-state index in [2.05, 4.69) is 22.0 Å². The van der Waals surface area contributed by atoms with Crippen molar-refractivity contribution >= 4 is 22.8 Å². The van der Waals surface area contributed by atoms with Crippen LogP contribution in [-0.2, 0) is 11.8 Å². The standard InChI is InChI=1S/C28H32F2N8O.C4H8O/c1-17(35(4)26-24-27(36(5)19(3)32-24)38-16-31-34-28(38)33-26)14-37(15-18(2)39)25(20-6-10-22(29)11-7-20)21-8-12-23(30)13-9-21;1-2-4-5-3-1/h6-13,16-18,25,39H,14-15H2,1-5H3;1-4H2. The van der Waals surface area contributed by atoms with E-state index < -0.39 is 6.10 Å². The molecule has 0 radical (unpaired) electrons. The highest BCUT2D eigenvalue weighted by Gasteiger charge is 2.28. The van der Waals surface area contributed by atoms with Crippen LogP contribution in [0.2, 0.25) is 0 Å². The summed E-state index contributed by atoms with van der Waals surface area (Å²) in [6.45, 7) is 8.58. The number of aryl methyl sites for hydroxylation is 2. The summed E-state index contributed by atoms with van der Waals surface area (Å²) in [5, 5.41) is 18.7. The van der Waals surface area contributed by atoms with Gasteiger partial charge in [0.05, 0.1) is 12.1 Å². The van der Waals surface area contributed by atoms with Crippen LogP contribution in [0, 0.1) is 18.6 Å². The molecule has 4 heterocycles. The van der Waals surface area contributed by atoms with Crippen LogP contribution in [0.15, 0.2) is 54.9 Å². The second-order valence-electron chi connectivity index (χ2n) is 11.4. The van der Waals surface area contributed by atoms with Gasteiger partial charge in [-0.3, -0.25) is 4.90 Å². The fraction of sp³-hybridized carbons (Fsp3) is 0.438. The zero-order valence-corrected chi connectivity index (χ0v) is 25.9. The molecule has 2 atom stereocenters. The molecule has 1 saturated heterocycles. The van der Waals surface area contributed by atoms with Crippen molar-refractivity contribution in [2.75, 3.05) is 38.3 Å². The van der Waals surface area contributed by atoms with Crippen molar-refractivity contribution in [2.45, 2.75) is 51.8 Å². The Balaban J connectivity index is 0.000000698. The fourth-order valence-electron chi connectivity index (χ4n) is 5.58. The van der Waals surface area contributed by atoms with E-state index in [1.165, 1.54) is 37.1 Å². The lowest BCUT2D eigenvalue weighted by atomic mass is 9.96. The summed E-state index contributed by atoms with van der Waals surface area (Å²) in [6.07, 6.45) is 3.54. The lowest BCUT2D eigenvalue weighted by Gasteiger charge is -2.38. The molecule has 2 aromatic carbocycles. The first-order valence-electron chi connectivity index (χ1n) is 14.9. The van der Waals surface area contributed by atoms with Crippen LogP contribution in [0.4, 0.5) is 14.6 Å². The second kappa shape index (κ2) is 13.7. The van der Waals surface area contributed by atoms with Gasteiger partial charge < -0.3 is 19.3 Å². The maximum absolute atomic E-state index is 13.8. The lowest BCUT2D eigenvalue weighted by Crippen LogP contribution is -2.45. The lowest BCUT2D eigenvalue weighted by molar-refractivity contribution is 0.105. The zero-order valence-electron chi connectivity index (χ0n) is 25.9. The average Bonchev–Trinajstić information content (AvgIpc) is 3.78. The summed E-state index contributed by atoms with van der Waals surface area (Å²) in [5.41, 5.74) is 3.24. The predicted molar refractivity (Wildman–Crippen MR) is 166 cm³/mol. The molecule has 0 bridgehead atoms. The number of likely N-dealkylation sites (N-methyl/N-ethyl adjacent to an activating group) is 1. The molecule has 1 aliphatic heterocycles. The molecule has 10 nitrogen and oxygen atoms in total. The van der Waals surface area contributed by atoms with Crippen LogP contribution in [0.25, 0.3) is 16.9 Å². The number of ether oxygens (including phenoxy) is 1. The third-order valence-corrected chi connectivity index (χ3v) is 8.02. The van der Waals surface area contributed by atoms with E-state index in [4.69, 9.17) is 14.7 Å². The van der Waals surface area contributed by atoms with E-state index >= 15 is 0 Å². The normalized spacial score (nSPS) is 14.8. The van der Waals surface area contributed by atoms with E-state index in [1.807, 2.05) is 34.9 Å². The Morgan fingerprint density at radius 2 is 1.52 bits per heavy atom. The SMILES string of the molecule is C1CCOC1.Cc1nc2c(N(C)C(C)CN(CC(C)O)C(c3ccc(F)cc3)c3ccc(F)cc3)nc3nncn3c2n1C. The Bertz CT molecular complexity index is 1610. The van der Waals surface area contributed by atoms with Crippen LogP contribution in [0.3, 0.4) is 0 Å². The Labute approximate surface area is 255 Å². The topological polar surface area (TPSA) is 96.8 Å². The third kappa shape index (κ3) is 6.87. The first kappa shape index (κ1) is 31.4. The number of imidazole rings is 1. The van der Waals surface area contributed by atoms with Gasteiger partial charge in [-0.25, -0.2) is 18.2 Å². The highest BCUT2D eigenvalue weighted by molar-refractivity contribution is 5.86. The molecule has 6 rings (SSSR count). The van der Waals surface area contributed by atoms with Gasteiger partial charge in [-0.1, -0.05) is 24.3 Å². The predicted octanol–water partition coefficient (Wildman–Crippen LogP) is 4.69. The van der Waals surface area contributed by atoms with Gasteiger partial charge in [0, 0.05) is 46.4 Å². The summed E-state index contributed by atoms with van der Waals surface area (Å²) >= 11 is 0. The summed E-state index contributed by atoms with van der Waals surface area (Å²) in [5.74, 6) is 1.29. The molecule has 0 spiro atoms. The number of aromatic nitrogens is 6. The Morgan fingerprint density at radius 3 is 2.05 bits per heavy atom. The maximum Gasteiger partial charge on any atom is 0.258 e. The van der Waals surface area contributed by atoms with Crippen molar-refractivity contribution in [3.05, 3.63) is 83.4 Å². The molecule has 12 heteroatoms. The fourth-order valence-corrected chi connectivity index (χ4v) is 5.58. The number of aliphatic hydroxyl groups is 1. The van der Waals surface area contributed by atoms with E-state index in [0.717, 1.165) is 41.3 Å². The first-order valence-corrected chi connectivity index (χ1v) is 14.9. The molecular formula is C32H40F2N8O2. The van der Waals surface area contributed by atoms with Gasteiger partial charge in [-0.2, -0.15) is 4.98 Å². The molecule has 5 aromatic rings. The third-order valence-electron chi connectivity index (χ3n) is 8.02. The van der Waals surface area contributed by atoms with Gasteiger partial charge in [0.1, 0.15) is 29.3 Å². The number of aliphatic hydroxyl groups excluding tert-OH is 1. The molecule has 0 amide bonds. The minimum absolute atomic E-state index is 0.101. The second-order valence-corrected chi connectivity index (χ2v) is 11.4. The molecule has 2 unspecified atom stereocenters. The van der Waals surface area contributed by atoms with E-state index in [-0.39, 0.29) is 23.7 Å². The van der Waals surface area contributed by atoms with Crippen molar-refractivity contribution in [1.82, 2.24) is 34.0 Å². The van der Waals surface area contributed by atoms with Gasteiger partial charge >= 0.3 is 0 Å². The maximum atomic E-state index is 13.8. The minimum atomic E-state index is -0.637. The van der Waals surface area contributed by atoms with E-state index in [9.17, 15) is 13.9 Å². The van der Waals surface area contributed by atoms with Gasteiger partial charge in [0.2, 0.25) is 0 Å². The molecule has 44 heavy (non-hydrogen) atoms. The highest BCUT2D eigenvalue weighted by Crippen LogP contribution is 2.31. The van der Waals surface area contributed by atoms with E-state index in [1.54, 1.807) is 37.5 Å². The monoisotopic (exact) mass is 606 g/mol. The molecule has 3 aromatic heterocycles. The molecule has 1 fully saturated rings. The number of rotatable bonds is 9. The number of nitrogens with zero attached hydrogens (tertiary/aromatic N) is 8. The number of hydrogen-bond acceptors (Lipinski definition) is 8. The van der Waals surface area contributed by atoms with Gasteiger partial charge in [0.25, 0.3) is 5.78 Å².